The van der Waals surface area contributed by atoms with Crippen LogP contribution in [0.1, 0.15) is 23.2 Å². The van der Waals surface area contributed by atoms with Crippen LogP contribution in [0.3, 0.4) is 0 Å². The highest BCUT2D eigenvalue weighted by Gasteiger charge is 2.25. The molecule has 0 atom stereocenters. The summed E-state index contributed by atoms with van der Waals surface area (Å²) in [6, 6.07) is 12.6. The number of hydrogen-bond acceptors (Lipinski definition) is 4. The molecule has 7 nitrogen and oxygen atoms in total. The van der Waals surface area contributed by atoms with Gasteiger partial charge in [-0.15, -0.1) is 0 Å². The zero-order valence-electron chi connectivity index (χ0n) is 16.4. The van der Waals surface area contributed by atoms with Gasteiger partial charge in [0.2, 0.25) is 0 Å². The van der Waals surface area contributed by atoms with E-state index in [1.165, 1.54) is 14.2 Å². The summed E-state index contributed by atoms with van der Waals surface area (Å²) in [5, 5.41) is 5.93. The third-order valence-corrected chi connectivity index (χ3v) is 5.63. The van der Waals surface area contributed by atoms with Crippen molar-refractivity contribution in [1.29, 1.82) is 0 Å². The summed E-state index contributed by atoms with van der Waals surface area (Å²) >= 11 is 3.40. The Bertz CT molecular complexity index is 842. The second-order valence-electron chi connectivity index (χ2n) is 6.73. The zero-order chi connectivity index (χ0) is 20.8. The van der Waals surface area contributed by atoms with Gasteiger partial charge in [-0.05, 0) is 53.0 Å². The average molecular weight is 462 g/mol. The summed E-state index contributed by atoms with van der Waals surface area (Å²) in [5.74, 6) is 0.866. The van der Waals surface area contributed by atoms with Gasteiger partial charge in [-0.2, -0.15) is 0 Å². The Hall–Kier alpha value is -2.74. The summed E-state index contributed by atoms with van der Waals surface area (Å²) in [5.41, 5.74) is 1.23. The maximum atomic E-state index is 12.7. The molecule has 0 radical (unpaired) electrons. The number of para-hydroxylation sites is 1. The molecule has 0 unspecified atom stereocenters. The molecule has 8 heteroatoms. The third-order valence-electron chi connectivity index (χ3n) is 4.85. The normalized spacial score (nSPS) is 14.2. The Morgan fingerprint density at radius 3 is 2.17 bits per heavy atom. The number of anilines is 1. The average Bonchev–Trinajstić information content (AvgIpc) is 2.75. The number of carbonyl (C=O) groups excluding carboxylic acids is 2. The minimum absolute atomic E-state index is 0.00362. The van der Waals surface area contributed by atoms with Crippen LogP contribution in [0.4, 0.5) is 10.5 Å². The van der Waals surface area contributed by atoms with Crippen LogP contribution >= 0.6 is 15.9 Å². The van der Waals surface area contributed by atoms with E-state index in [9.17, 15) is 9.59 Å². The van der Waals surface area contributed by atoms with Crippen molar-refractivity contribution in [3.63, 3.8) is 0 Å². The number of piperidine rings is 1. The molecule has 3 amide bonds. The first-order valence-electron chi connectivity index (χ1n) is 9.35. The Kier molecular flexibility index (Phi) is 6.98. The molecular weight excluding hydrogens is 438 g/mol. The van der Waals surface area contributed by atoms with Crippen molar-refractivity contribution in [2.45, 2.75) is 18.9 Å². The number of hydrogen-bond donors (Lipinski definition) is 2. The molecule has 1 saturated heterocycles. The number of ether oxygens (including phenoxy) is 2. The number of halogens is 1. The molecule has 0 aromatic heterocycles. The van der Waals surface area contributed by atoms with Crippen LogP contribution in [0.15, 0.2) is 46.9 Å². The van der Waals surface area contributed by atoms with E-state index in [2.05, 4.69) is 26.6 Å². The van der Waals surface area contributed by atoms with E-state index < -0.39 is 0 Å². The number of methoxy groups -OCH3 is 2. The van der Waals surface area contributed by atoms with Crippen molar-refractivity contribution >= 4 is 33.6 Å². The van der Waals surface area contributed by atoms with Gasteiger partial charge in [0.25, 0.3) is 5.91 Å². The van der Waals surface area contributed by atoms with Crippen LogP contribution in [0.5, 0.6) is 11.5 Å². The van der Waals surface area contributed by atoms with Crippen LogP contribution in [-0.2, 0) is 0 Å². The molecule has 0 bridgehead atoms. The lowest BCUT2D eigenvalue weighted by molar-refractivity contribution is 0.0918. The fourth-order valence-corrected chi connectivity index (χ4v) is 3.77. The Morgan fingerprint density at radius 2 is 1.62 bits per heavy atom. The van der Waals surface area contributed by atoms with Gasteiger partial charge in [-0.1, -0.05) is 18.2 Å². The highest BCUT2D eigenvalue weighted by atomic mass is 79.9. The largest absolute Gasteiger partial charge is 0.495 e. The molecule has 2 N–H and O–H groups in total. The summed E-state index contributed by atoms with van der Waals surface area (Å²) in [6.45, 7) is 1.16. The van der Waals surface area contributed by atoms with Crippen LogP contribution in [0.25, 0.3) is 0 Å². The van der Waals surface area contributed by atoms with E-state index in [1.54, 1.807) is 17.0 Å². The van der Waals surface area contributed by atoms with Gasteiger partial charge in [0.15, 0.2) is 0 Å². The molecule has 154 valence electrons. The second-order valence-corrected chi connectivity index (χ2v) is 7.52. The van der Waals surface area contributed by atoms with E-state index >= 15 is 0 Å². The Morgan fingerprint density at radius 1 is 1.03 bits per heavy atom. The highest BCUT2D eigenvalue weighted by molar-refractivity contribution is 9.10. The van der Waals surface area contributed by atoms with E-state index in [0.717, 1.165) is 5.69 Å². The number of carbonyl (C=O) groups is 2. The van der Waals surface area contributed by atoms with Gasteiger partial charge in [0.05, 0.1) is 14.2 Å². The van der Waals surface area contributed by atoms with E-state index in [4.69, 9.17) is 9.47 Å². The topological polar surface area (TPSA) is 79.9 Å². The lowest BCUT2D eigenvalue weighted by Crippen LogP contribution is -2.47. The number of amides is 3. The minimum atomic E-state index is -0.193. The molecule has 0 aliphatic carbocycles. The molecule has 1 aliphatic heterocycles. The Balaban J connectivity index is 1.55. The smallest absolute Gasteiger partial charge is 0.321 e. The molecule has 29 heavy (non-hydrogen) atoms. The lowest BCUT2D eigenvalue weighted by Gasteiger charge is -2.32. The van der Waals surface area contributed by atoms with Gasteiger partial charge in [-0.3, -0.25) is 4.79 Å². The van der Waals surface area contributed by atoms with E-state index in [-0.39, 0.29) is 18.0 Å². The van der Waals surface area contributed by atoms with Gasteiger partial charge in [0.1, 0.15) is 16.0 Å². The molecule has 1 heterocycles. The summed E-state index contributed by atoms with van der Waals surface area (Å²) < 4.78 is 11.3. The fourth-order valence-electron chi connectivity index (χ4n) is 3.22. The van der Waals surface area contributed by atoms with Crippen LogP contribution in [0.2, 0.25) is 0 Å². The summed E-state index contributed by atoms with van der Waals surface area (Å²) in [6.07, 6.45) is 1.39. The van der Waals surface area contributed by atoms with Crippen molar-refractivity contribution in [3.8, 4) is 11.5 Å². The minimum Gasteiger partial charge on any atom is -0.495 e. The number of likely N-dealkylation sites (tertiary alicyclic amines) is 1. The van der Waals surface area contributed by atoms with E-state index in [0.29, 0.717) is 47.5 Å². The predicted molar refractivity (Wildman–Crippen MR) is 115 cm³/mol. The van der Waals surface area contributed by atoms with Gasteiger partial charge >= 0.3 is 6.03 Å². The number of urea groups is 1. The predicted octanol–water partition coefficient (Wildman–Crippen LogP) is 3.89. The molecular formula is C21H24BrN3O4. The summed E-state index contributed by atoms with van der Waals surface area (Å²) in [4.78, 5) is 26.8. The standard InChI is InChI=1S/C21H24BrN3O4/c1-28-17-12-14(13-18(29-2)19(17)22)20(26)23-16-8-10-25(11-9-16)21(27)24-15-6-4-3-5-7-15/h3-7,12-13,16H,8-11H2,1-2H3,(H,23,26)(H,24,27). The van der Waals surface area contributed by atoms with E-state index in [1.807, 2.05) is 30.3 Å². The first kappa shape index (κ1) is 21.0. The van der Waals surface area contributed by atoms with Gasteiger partial charge in [-0.25, -0.2) is 4.79 Å². The SMILES string of the molecule is COc1cc(C(=O)NC2CCN(C(=O)Nc3ccccc3)CC2)cc(OC)c1Br. The summed E-state index contributed by atoms with van der Waals surface area (Å²) in [7, 11) is 3.08. The van der Waals surface area contributed by atoms with Gasteiger partial charge < -0.3 is 25.0 Å². The van der Waals surface area contributed by atoms with Gasteiger partial charge in [0, 0.05) is 30.4 Å². The quantitative estimate of drug-likeness (QED) is 0.707. The number of rotatable bonds is 5. The third kappa shape index (κ3) is 5.20. The number of benzene rings is 2. The second kappa shape index (κ2) is 9.65. The molecule has 0 saturated carbocycles. The highest BCUT2D eigenvalue weighted by Crippen LogP contribution is 2.35. The zero-order valence-corrected chi connectivity index (χ0v) is 18.0. The maximum Gasteiger partial charge on any atom is 0.321 e. The van der Waals surface area contributed by atoms with Crippen molar-refractivity contribution in [3.05, 3.63) is 52.5 Å². The maximum absolute atomic E-state index is 12.7. The first-order chi connectivity index (χ1) is 14.0. The van der Waals surface area contributed by atoms with Crippen LogP contribution in [0, 0.1) is 0 Å². The fraction of sp³-hybridized carbons (Fsp3) is 0.333. The molecule has 2 aromatic rings. The molecule has 1 fully saturated rings. The monoisotopic (exact) mass is 461 g/mol. The molecule has 2 aromatic carbocycles. The lowest BCUT2D eigenvalue weighted by atomic mass is 10.0. The Labute approximate surface area is 178 Å². The van der Waals surface area contributed by atoms with Crippen molar-refractivity contribution in [2.24, 2.45) is 0 Å². The van der Waals surface area contributed by atoms with Crippen molar-refractivity contribution in [1.82, 2.24) is 10.2 Å². The number of nitrogens with one attached hydrogen (secondary N) is 2. The van der Waals surface area contributed by atoms with Crippen molar-refractivity contribution in [2.75, 3.05) is 32.6 Å². The van der Waals surface area contributed by atoms with Crippen LogP contribution < -0.4 is 20.1 Å². The first-order valence-corrected chi connectivity index (χ1v) is 10.1. The molecule has 0 spiro atoms. The number of nitrogens with zero attached hydrogens (tertiary/aromatic N) is 1. The molecule has 1 aliphatic rings. The molecule has 3 rings (SSSR count). The van der Waals surface area contributed by atoms with Crippen molar-refractivity contribution < 1.29 is 19.1 Å². The van der Waals surface area contributed by atoms with Crippen LogP contribution in [-0.4, -0.2) is 50.2 Å².